The zero-order valence-corrected chi connectivity index (χ0v) is 19.2. The van der Waals surface area contributed by atoms with Gasteiger partial charge in [-0.05, 0) is 37.3 Å². The Morgan fingerprint density at radius 3 is 2.75 bits per heavy atom. The van der Waals surface area contributed by atoms with Gasteiger partial charge in [0, 0.05) is 30.3 Å². The van der Waals surface area contributed by atoms with Crippen LogP contribution in [0.25, 0.3) is 17.1 Å². The van der Waals surface area contributed by atoms with E-state index in [1.165, 1.54) is 19.1 Å². The van der Waals surface area contributed by atoms with Gasteiger partial charge in [-0.3, -0.25) is 9.55 Å². The van der Waals surface area contributed by atoms with Crippen molar-refractivity contribution in [2.45, 2.75) is 57.5 Å². The summed E-state index contributed by atoms with van der Waals surface area (Å²) >= 11 is 0. The summed E-state index contributed by atoms with van der Waals surface area (Å²) < 4.78 is 25.4. The minimum absolute atomic E-state index is 0.0623. The van der Waals surface area contributed by atoms with Crippen molar-refractivity contribution in [3.05, 3.63) is 42.4 Å². The minimum atomic E-state index is -3.09. The maximum absolute atomic E-state index is 11.7. The lowest BCUT2D eigenvalue weighted by Crippen LogP contribution is -2.42. The van der Waals surface area contributed by atoms with Crippen LogP contribution in [0.15, 0.2) is 31.0 Å². The monoisotopic (exact) mass is 453 g/mol. The first kappa shape index (κ1) is 21.0. The van der Waals surface area contributed by atoms with Crippen LogP contribution in [-0.2, 0) is 16.3 Å². The normalized spacial score (nSPS) is 18.6. The lowest BCUT2D eigenvalue weighted by molar-refractivity contribution is 0.469. The summed E-state index contributed by atoms with van der Waals surface area (Å²) in [6, 6.07) is 2.39. The number of fused-ring (bicyclic) bond motifs is 3. The average Bonchev–Trinajstić information content (AvgIpc) is 3.48. The molecule has 1 fully saturated rings. The summed E-state index contributed by atoms with van der Waals surface area (Å²) in [7, 11) is -3.09. The molecule has 10 heteroatoms. The molecule has 0 spiro atoms. The van der Waals surface area contributed by atoms with Gasteiger partial charge in [0.05, 0.1) is 18.0 Å². The summed E-state index contributed by atoms with van der Waals surface area (Å²) in [5.41, 5.74) is 2.54. The highest BCUT2D eigenvalue weighted by atomic mass is 32.2. The van der Waals surface area contributed by atoms with Gasteiger partial charge < -0.3 is 4.90 Å². The van der Waals surface area contributed by atoms with Gasteiger partial charge >= 0.3 is 0 Å². The Morgan fingerprint density at radius 2 is 2.00 bits per heavy atom. The maximum atomic E-state index is 11.7. The molecule has 1 saturated carbocycles. The molecule has 3 aromatic rings. The van der Waals surface area contributed by atoms with Crippen molar-refractivity contribution < 1.29 is 8.42 Å². The third-order valence-electron chi connectivity index (χ3n) is 6.45. The smallest absolute Gasteiger partial charge is 0.162 e. The molecule has 0 unspecified atom stereocenters. The standard InChI is InChI=1S/C22H27N7O2S/c1-3-18-22-27-25-14-28(22)19-13-24-20(26-21(19)29(18)16-6-4-5-7-16)17-8-10-23-12-15(17)9-11-32(2,30)31/h8,10,12-14,16,18H,3-7,9,11H2,1-2H3/t18-/m1/s1. The van der Waals surface area contributed by atoms with Crippen molar-refractivity contribution in [1.82, 2.24) is 29.7 Å². The molecule has 168 valence electrons. The summed E-state index contributed by atoms with van der Waals surface area (Å²) in [6.07, 6.45) is 14.2. The van der Waals surface area contributed by atoms with Gasteiger partial charge in [-0.15, -0.1) is 10.2 Å². The second-order valence-electron chi connectivity index (χ2n) is 8.64. The summed E-state index contributed by atoms with van der Waals surface area (Å²) in [5, 5.41) is 8.59. The first-order chi connectivity index (χ1) is 15.5. The first-order valence-electron chi connectivity index (χ1n) is 11.1. The van der Waals surface area contributed by atoms with Gasteiger partial charge in [-0.25, -0.2) is 18.4 Å². The molecular weight excluding hydrogens is 426 g/mol. The molecule has 1 aliphatic carbocycles. The number of aromatic nitrogens is 6. The van der Waals surface area contributed by atoms with Crippen LogP contribution < -0.4 is 4.90 Å². The largest absolute Gasteiger partial charge is 0.342 e. The predicted octanol–water partition coefficient (Wildman–Crippen LogP) is 2.92. The topological polar surface area (TPSA) is 107 Å². The van der Waals surface area contributed by atoms with Crippen molar-refractivity contribution in [3.8, 4) is 17.1 Å². The third kappa shape index (κ3) is 3.76. The number of sulfone groups is 1. The van der Waals surface area contributed by atoms with Crippen LogP contribution in [0.1, 0.15) is 56.5 Å². The van der Waals surface area contributed by atoms with E-state index in [1.54, 1.807) is 18.7 Å². The highest BCUT2D eigenvalue weighted by Crippen LogP contribution is 2.43. The lowest BCUT2D eigenvalue weighted by Gasteiger charge is -2.40. The number of pyridine rings is 1. The third-order valence-corrected chi connectivity index (χ3v) is 7.40. The fraction of sp³-hybridized carbons (Fsp3) is 0.500. The average molecular weight is 454 g/mol. The molecule has 32 heavy (non-hydrogen) atoms. The van der Waals surface area contributed by atoms with Crippen LogP contribution in [0.5, 0.6) is 0 Å². The lowest BCUT2D eigenvalue weighted by atomic mass is 10.0. The van der Waals surface area contributed by atoms with Gasteiger partial charge in [0.25, 0.3) is 0 Å². The fourth-order valence-electron chi connectivity index (χ4n) is 4.91. The second kappa shape index (κ2) is 8.23. The van der Waals surface area contributed by atoms with Crippen LogP contribution in [0.3, 0.4) is 0 Å². The van der Waals surface area contributed by atoms with Crippen molar-refractivity contribution in [2.75, 3.05) is 16.9 Å². The SMILES string of the molecule is CC[C@@H]1c2nncn2-c2cnc(-c3ccncc3CCS(C)(=O)=O)nc2N1C1CCCC1. The Bertz CT molecular complexity index is 1230. The Balaban J connectivity index is 1.62. The van der Waals surface area contributed by atoms with E-state index in [4.69, 9.17) is 4.98 Å². The summed E-state index contributed by atoms with van der Waals surface area (Å²) in [6.45, 7) is 2.17. The molecule has 3 aromatic heterocycles. The van der Waals surface area contributed by atoms with Crippen LogP contribution in [0.2, 0.25) is 0 Å². The van der Waals surface area contributed by atoms with Gasteiger partial charge in [-0.2, -0.15) is 0 Å². The molecule has 0 N–H and O–H groups in total. The van der Waals surface area contributed by atoms with E-state index in [9.17, 15) is 8.42 Å². The highest BCUT2D eigenvalue weighted by Gasteiger charge is 2.38. The maximum Gasteiger partial charge on any atom is 0.162 e. The number of aryl methyl sites for hydroxylation is 1. The van der Waals surface area contributed by atoms with E-state index in [0.717, 1.165) is 47.7 Å². The van der Waals surface area contributed by atoms with E-state index in [1.807, 2.05) is 16.8 Å². The van der Waals surface area contributed by atoms with E-state index < -0.39 is 9.84 Å². The number of hydrogen-bond acceptors (Lipinski definition) is 8. The Kier molecular flexibility index (Phi) is 5.40. The fourth-order valence-corrected chi connectivity index (χ4v) is 5.50. The molecule has 0 aromatic carbocycles. The van der Waals surface area contributed by atoms with Crippen molar-refractivity contribution in [3.63, 3.8) is 0 Å². The van der Waals surface area contributed by atoms with Gasteiger partial charge in [0.15, 0.2) is 17.5 Å². The van der Waals surface area contributed by atoms with Crippen LogP contribution in [0, 0.1) is 0 Å². The van der Waals surface area contributed by atoms with Crippen LogP contribution in [-0.4, -0.2) is 56.2 Å². The molecule has 2 aliphatic rings. The van der Waals surface area contributed by atoms with Gasteiger partial charge in [-0.1, -0.05) is 19.8 Å². The molecule has 0 radical (unpaired) electrons. The van der Waals surface area contributed by atoms with Gasteiger partial charge in [0.1, 0.15) is 21.9 Å². The van der Waals surface area contributed by atoms with Crippen molar-refractivity contribution in [2.24, 2.45) is 0 Å². The molecule has 0 amide bonds. The Morgan fingerprint density at radius 1 is 1.19 bits per heavy atom. The van der Waals surface area contributed by atoms with E-state index in [2.05, 4.69) is 32.0 Å². The van der Waals surface area contributed by atoms with E-state index in [0.29, 0.717) is 18.3 Å². The Labute approximate surface area is 187 Å². The highest BCUT2D eigenvalue weighted by molar-refractivity contribution is 7.90. The second-order valence-corrected chi connectivity index (χ2v) is 10.9. The molecule has 0 saturated heterocycles. The Hall–Kier alpha value is -2.88. The summed E-state index contributed by atoms with van der Waals surface area (Å²) in [5.74, 6) is 2.48. The molecule has 9 nitrogen and oxygen atoms in total. The van der Waals surface area contributed by atoms with Crippen molar-refractivity contribution >= 4 is 15.7 Å². The molecule has 4 heterocycles. The zero-order chi connectivity index (χ0) is 22.3. The minimum Gasteiger partial charge on any atom is -0.342 e. The number of rotatable bonds is 6. The predicted molar refractivity (Wildman–Crippen MR) is 121 cm³/mol. The molecule has 1 aliphatic heterocycles. The number of nitrogens with zero attached hydrogens (tertiary/aromatic N) is 7. The van der Waals surface area contributed by atoms with Crippen LogP contribution >= 0.6 is 0 Å². The first-order valence-corrected chi connectivity index (χ1v) is 13.2. The van der Waals surface area contributed by atoms with Crippen molar-refractivity contribution in [1.29, 1.82) is 0 Å². The summed E-state index contributed by atoms with van der Waals surface area (Å²) in [4.78, 5) is 16.3. The molecule has 1 atom stereocenters. The van der Waals surface area contributed by atoms with E-state index in [-0.39, 0.29) is 11.8 Å². The van der Waals surface area contributed by atoms with Crippen LogP contribution in [0.4, 0.5) is 5.82 Å². The molecule has 0 bridgehead atoms. The van der Waals surface area contributed by atoms with Gasteiger partial charge in [0.2, 0.25) is 0 Å². The number of anilines is 1. The molecule has 5 rings (SSSR count). The zero-order valence-electron chi connectivity index (χ0n) is 18.3. The van der Waals surface area contributed by atoms with E-state index >= 15 is 0 Å². The number of hydrogen-bond donors (Lipinski definition) is 0. The quantitative estimate of drug-likeness (QED) is 0.561. The molecular formula is C22H27N7O2S.